The molecule has 1 nitrogen and oxygen atoms in total. The van der Waals surface area contributed by atoms with Gasteiger partial charge in [0, 0.05) is 12.3 Å². The van der Waals surface area contributed by atoms with Gasteiger partial charge in [-0.1, -0.05) is 18.5 Å². The zero-order valence-electron chi connectivity index (χ0n) is 8.02. The quantitative estimate of drug-likeness (QED) is 0.780. The lowest BCUT2D eigenvalue weighted by Gasteiger charge is -2.07. The first-order chi connectivity index (χ1) is 6.74. The highest BCUT2D eigenvalue weighted by atomic mass is 35.5. The number of benzene rings is 1. The first kappa shape index (κ1) is 11.7. The van der Waals surface area contributed by atoms with Gasteiger partial charge in [-0.25, -0.2) is 4.39 Å². The van der Waals surface area contributed by atoms with E-state index in [0.717, 1.165) is 18.1 Å². The van der Waals surface area contributed by atoms with E-state index in [4.69, 9.17) is 11.6 Å². The molecule has 0 spiro atoms. The van der Waals surface area contributed by atoms with E-state index in [1.165, 1.54) is 12.1 Å². The molecule has 0 aromatic heterocycles. The monoisotopic (exact) mass is 233 g/mol. The van der Waals surface area contributed by atoms with Crippen LogP contribution in [0.2, 0.25) is 5.02 Å². The van der Waals surface area contributed by atoms with E-state index in [1.807, 2.05) is 11.8 Å². The van der Waals surface area contributed by atoms with Crippen molar-refractivity contribution in [3.63, 3.8) is 0 Å². The van der Waals surface area contributed by atoms with Gasteiger partial charge >= 0.3 is 0 Å². The van der Waals surface area contributed by atoms with Gasteiger partial charge in [0.25, 0.3) is 0 Å². The van der Waals surface area contributed by atoms with E-state index in [0.29, 0.717) is 10.7 Å². The molecule has 0 heterocycles. The number of hydrogen-bond donors (Lipinski definition) is 1. The van der Waals surface area contributed by atoms with Gasteiger partial charge in [0.05, 0.1) is 10.7 Å². The van der Waals surface area contributed by atoms with Crippen LogP contribution < -0.4 is 5.32 Å². The third kappa shape index (κ3) is 3.76. The number of halogens is 2. The molecule has 0 unspecified atom stereocenters. The van der Waals surface area contributed by atoms with Gasteiger partial charge in [0.1, 0.15) is 5.82 Å². The Labute approximate surface area is 93.0 Å². The van der Waals surface area contributed by atoms with Crippen molar-refractivity contribution in [1.29, 1.82) is 0 Å². The van der Waals surface area contributed by atoms with Crippen molar-refractivity contribution in [2.75, 3.05) is 23.4 Å². The van der Waals surface area contributed by atoms with Crippen LogP contribution in [0.25, 0.3) is 0 Å². The van der Waals surface area contributed by atoms with Gasteiger partial charge in [-0.3, -0.25) is 0 Å². The second-order valence-corrected chi connectivity index (χ2v) is 4.55. The maximum atomic E-state index is 12.8. The molecular weight excluding hydrogens is 221 g/mol. The van der Waals surface area contributed by atoms with Crippen LogP contribution in [0.4, 0.5) is 10.1 Å². The summed E-state index contributed by atoms with van der Waals surface area (Å²) in [7, 11) is 0. The molecule has 0 aliphatic carbocycles. The average Bonchev–Trinajstić information content (AvgIpc) is 2.18. The summed E-state index contributed by atoms with van der Waals surface area (Å²) in [6, 6.07) is 4.33. The molecule has 1 N–H and O–H groups in total. The van der Waals surface area contributed by atoms with E-state index in [9.17, 15) is 4.39 Å². The number of hydrogen-bond acceptors (Lipinski definition) is 2. The second-order valence-electron chi connectivity index (χ2n) is 2.75. The molecule has 0 saturated heterocycles. The Morgan fingerprint density at radius 1 is 1.50 bits per heavy atom. The minimum atomic E-state index is -0.264. The van der Waals surface area contributed by atoms with E-state index >= 15 is 0 Å². The number of thioether (sulfide) groups is 1. The molecule has 0 amide bonds. The average molecular weight is 234 g/mol. The van der Waals surface area contributed by atoms with E-state index in [1.54, 1.807) is 6.07 Å². The fourth-order valence-electron chi connectivity index (χ4n) is 1.04. The fourth-order valence-corrected chi connectivity index (χ4v) is 1.75. The number of rotatable bonds is 5. The Morgan fingerprint density at radius 3 is 3.00 bits per heavy atom. The van der Waals surface area contributed by atoms with Crippen molar-refractivity contribution in [3.8, 4) is 0 Å². The number of anilines is 1. The standard InChI is InChI=1S/C10H13ClFNS/c1-2-14-6-5-13-10-7-8(12)3-4-9(10)11/h3-4,7,13H,2,5-6H2,1H3. The van der Waals surface area contributed by atoms with Crippen molar-refractivity contribution in [3.05, 3.63) is 29.0 Å². The van der Waals surface area contributed by atoms with Gasteiger partial charge < -0.3 is 5.32 Å². The lowest BCUT2D eigenvalue weighted by Crippen LogP contribution is -2.04. The topological polar surface area (TPSA) is 12.0 Å². The minimum absolute atomic E-state index is 0.264. The molecule has 1 aromatic rings. The lowest BCUT2D eigenvalue weighted by molar-refractivity contribution is 0.628. The Bertz CT molecular complexity index is 293. The third-order valence-electron chi connectivity index (χ3n) is 1.69. The molecule has 0 bridgehead atoms. The van der Waals surface area contributed by atoms with Crippen molar-refractivity contribution >= 4 is 29.1 Å². The van der Waals surface area contributed by atoms with Gasteiger partial charge in [0.2, 0.25) is 0 Å². The molecular formula is C10H13ClFNS. The summed E-state index contributed by atoms with van der Waals surface area (Å²) in [6.45, 7) is 2.92. The third-order valence-corrected chi connectivity index (χ3v) is 2.93. The minimum Gasteiger partial charge on any atom is -0.383 e. The summed E-state index contributed by atoms with van der Waals surface area (Å²) >= 11 is 7.71. The van der Waals surface area contributed by atoms with E-state index in [-0.39, 0.29) is 5.82 Å². The molecule has 1 rings (SSSR count). The largest absolute Gasteiger partial charge is 0.383 e. The Hall–Kier alpha value is -0.410. The summed E-state index contributed by atoms with van der Waals surface area (Å²) in [5.41, 5.74) is 0.670. The van der Waals surface area contributed by atoms with E-state index in [2.05, 4.69) is 12.2 Å². The summed E-state index contributed by atoms with van der Waals surface area (Å²) in [6.07, 6.45) is 0. The van der Waals surface area contributed by atoms with Crippen LogP contribution in [-0.4, -0.2) is 18.1 Å². The van der Waals surface area contributed by atoms with Crippen molar-refractivity contribution in [2.45, 2.75) is 6.92 Å². The van der Waals surface area contributed by atoms with Gasteiger partial charge in [-0.15, -0.1) is 0 Å². The summed E-state index contributed by atoms with van der Waals surface area (Å²) in [5.74, 6) is 1.84. The van der Waals surface area contributed by atoms with Crippen LogP contribution in [0.3, 0.4) is 0 Å². The normalized spacial score (nSPS) is 10.2. The van der Waals surface area contributed by atoms with Gasteiger partial charge in [-0.05, 0) is 24.0 Å². The van der Waals surface area contributed by atoms with Gasteiger partial charge in [0.15, 0.2) is 0 Å². The van der Waals surface area contributed by atoms with Crippen molar-refractivity contribution < 1.29 is 4.39 Å². The van der Waals surface area contributed by atoms with Crippen molar-refractivity contribution in [1.82, 2.24) is 0 Å². The Morgan fingerprint density at radius 2 is 2.29 bits per heavy atom. The molecule has 0 saturated carbocycles. The highest BCUT2D eigenvalue weighted by Crippen LogP contribution is 2.22. The van der Waals surface area contributed by atoms with Crippen LogP contribution in [0, 0.1) is 5.82 Å². The zero-order valence-corrected chi connectivity index (χ0v) is 9.59. The van der Waals surface area contributed by atoms with Gasteiger partial charge in [-0.2, -0.15) is 11.8 Å². The van der Waals surface area contributed by atoms with Crippen LogP contribution in [0.15, 0.2) is 18.2 Å². The molecule has 0 fully saturated rings. The summed E-state index contributed by atoms with van der Waals surface area (Å²) in [4.78, 5) is 0. The molecule has 0 atom stereocenters. The number of nitrogens with one attached hydrogen (secondary N) is 1. The highest BCUT2D eigenvalue weighted by Gasteiger charge is 2.00. The molecule has 78 valence electrons. The lowest BCUT2D eigenvalue weighted by atomic mass is 10.3. The van der Waals surface area contributed by atoms with Crippen LogP contribution >= 0.6 is 23.4 Å². The fraction of sp³-hybridized carbons (Fsp3) is 0.400. The Kier molecular flexibility index (Phi) is 5.12. The molecule has 0 aliphatic rings. The smallest absolute Gasteiger partial charge is 0.125 e. The molecule has 0 radical (unpaired) electrons. The second kappa shape index (κ2) is 6.14. The predicted molar refractivity (Wildman–Crippen MR) is 62.9 cm³/mol. The van der Waals surface area contributed by atoms with Crippen molar-refractivity contribution in [2.24, 2.45) is 0 Å². The first-order valence-electron chi connectivity index (χ1n) is 4.50. The summed E-state index contributed by atoms with van der Waals surface area (Å²) in [5, 5.41) is 3.66. The molecule has 1 aromatic carbocycles. The van der Waals surface area contributed by atoms with Crippen LogP contribution in [-0.2, 0) is 0 Å². The van der Waals surface area contributed by atoms with Crippen LogP contribution in [0.1, 0.15) is 6.92 Å². The molecule has 0 aliphatic heterocycles. The van der Waals surface area contributed by atoms with Crippen LogP contribution in [0.5, 0.6) is 0 Å². The highest BCUT2D eigenvalue weighted by molar-refractivity contribution is 7.99. The zero-order chi connectivity index (χ0) is 10.4. The maximum absolute atomic E-state index is 12.8. The predicted octanol–water partition coefficient (Wildman–Crippen LogP) is 3.64. The van der Waals surface area contributed by atoms with E-state index < -0.39 is 0 Å². The summed E-state index contributed by atoms with van der Waals surface area (Å²) < 4.78 is 12.8. The SMILES string of the molecule is CCSCCNc1cc(F)ccc1Cl. The molecule has 4 heteroatoms. The molecule has 14 heavy (non-hydrogen) atoms. The first-order valence-corrected chi connectivity index (χ1v) is 6.04. The Balaban J connectivity index is 2.45. The maximum Gasteiger partial charge on any atom is 0.125 e.